The Hall–Kier alpha value is -2.81. The summed E-state index contributed by atoms with van der Waals surface area (Å²) in [5.41, 5.74) is 6.02. The summed E-state index contributed by atoms with van der Waals surface area (Å²) >= 11 is 0. The number of benzene rings is 1. The lowest BCUT2D eigenvalue weighted by Gasteiger charge is -2.08. The monoisotopic (exact) mass is 272 g/mol. The summed E-state index contributed by atoms with van der Waals surface area (Å²) in [4.78, 5) is 15.5. The lowest BCUT2D eigenvalue weighted by Crippen LogP contribution is -2.19. The number of esters is 1. The number of nitrogens with one attached hydrogen (secondary N) is 1. The number of nitrogens with zero attached hydrogens (tertiary/aromatic N) is 2. The normalized spacial score (nSPS) is 11.6. The predicted molar refractivity (Wildman–Crippen MR) is 75.2 cm³/mol. The maximum atomic E-state index is 11.6. The van der Waals surface area contributed by atoms with Gasteiger partial charge in [0.15, 0.2) is 11.4 Å². The van der Waals surface area contributed by atoms with E-state index in [2.05, 4.69) is 10.3 Å². The van der Waals surface area contributed by atoms with E-state index in [1.54, 1.807) is 13.0 Å². The summed E-state index contributed by atoms with van der Waals surface area (Å²) < 4.78 is 4.80. The van der Waals surface area contributed by atoms with Gasteiger partial charge in [-0.05, 0) is 12.5 Å². The minimum atomic E-state index is -0.726. The van der Waals surface area contributed by atoms with E-state index in [4.69, 9.17) is 15.7 Å². The van der Waals surface area contributed by atoms with Crippen molar-refractivity contribution in [1.82, 2.24) is 5.32 Å². The molecule has 6 heteroatoms. The molecule has 1 aromatic carbocycles. The minimum Gasteiger partial charge on any atom is -0.462 e. The van der Waals surface area contributed by atoms with E-state index in [1.165, 1.54) is 0 Å². The Labute approximate surface area is 117 Å². The van der Waals surface area contributed by atoms with Crippen LogP contribution in [-0.4, -0.2) is 18.9 Å². The summed E-state index contributed by atoms with van der Waals surface area (Å²) in [6.07, 6.45) is 1.02. The Kier molecular flexibility index (Phi) is 6.34. The molecule has 0 fully saturated rings. The highest BCUT2D eigenvalue weighted by molar-refractivity contribution is 5.93. The van der Waals surface area contributed by atoms with Crippen LogP contribution < -0.4 is 11.1 Å². The first-order valence-corrected chi connectivity index (χ1v) is 6.06. The van der Waals surface area contributed by atoms with Gasteiger partial charge in [0.2, 0.25) is 0 Å². The largest absolute Gasteiger partial charge is 0.462 e. The molecule has 0 saturated carbocycles. The Bertz CT molecular complexity index is 544. The molecule has 3 N–H and O–H groups in total. The number of ether oxygens (including phenoxy) is 1. The summed E-state index contributed by atoms with van der Waals surface area (Å²) in [5.74, 6) is -0.631. The fourth-order valence-electron chi connectivity index (χ4n) is 1.45. The number of nitriles is 1. The Morgan fingerprint density at radius 2 is 2.20 bits per heavy atom. The fourth-order valence-corrected chi connectivity index (χ4v) is 1.45. The van der Waals surface area contributed by atoms with Gasteiger partial charge in [0.25, 0.3) is 0 Å². The number of aliphatic imine (C=N–C) groups is 1. The van der Waals surface area contributed by atoms with Crippen molar-refractivity contribution in [3.63, 3.8) is 0 Å². The zero-order chi connectivity index (χ0) is 14.8. The zero-order valence-corrected chi connectivity index (χ0v) is 11.2. The second-order valence-corrected chi connectivity index (χ2v) is 3.67. The lowest BCUT2D eigenvalue weighted by molar-refractivity contribution is -0.138. The van der Waals surface area contributed by atoms with E-state index in [1.807, 2.05) is 30.3 Å². The van der Waals surface area contributed by atoms with Gasteiger partial charge in [-0.3, -0.25) is 0 Å². The van der Waals surface area contributed by atoms with Crippen LogP contribution in [0.5, 0.6) is 0 Å². The number of carbonyl (C=O) groups is 1. The van der Waals surface area contributed by atoms with Crippen LogP contribution >= 0.6 is 0 Å². The molecule has 0 radical (unpaired) electrons. The van der Waals surface area contributed by atoms with E-state index >= 15 is 0 Å². The first-order valence-electron chi connectivity index (χ1n) is 6.06. The molecule has 0 aliphatic heterocycles. The second kappa shape index (κ2) is 8.32. The van der Waals surface area contributed by atoms with Gasteiger partial charge in [-0.15, -0.1) is 0 Å². The fraction of sp³-hybridized carbons (Fsp3) is 0.214. The van der Waals surface area contributed by atoms with E-state index in [9.17, 15) is 4.79 Å². The highest BCUT2D eigenvalue weighted by Crippen LogP contribution is 2.07. The van der Waals surface area contributed by atoms with Crippen LogP contribution in [0.15, 0.2) is 46.7 Å². The van der Waals surface area contributed by atoms with E-state index in [0.29, 0.717) is 6.54 Å². The van der Waals surface area contributed by atoms with Crippen LogP contribution in [0.2, 0.25) is 0 Å². The lowest BCUT2D eigenvalue weighted by atomic mass is 10.2. The Morgan fingerprint density at radius 3 is 2.75 bits per heavy atom. The quantitative estimate of drug-likeness (QED) is 0.265. The highest BCUT2D eigenvalue weighted by Gasteiger charge is 2.16. The summed E-state index contributed by atoms with van der Waals surface area (Å²) in [6, 6.07) is 11.3. The van der Waals surface area contributed by atoms with E-state index < -0.39 is 5.97 Å². The number of hydrogen-bond donors (Lipinski definition) is 2. The summed E-state index contributed by atoms with van der Waals surface area (Å²) in [5, 5.41) is 12.0. The van der Waals surface area contributed by atoms with E-state index in [0.717, 1.165) is 11.9 Å². The van der Waals surface area contributed by atoms with Gasteiger partial charge in [0.05, 0.1) is 12.9 Å². The highest BCUT2D eigenvalue weighted by atomic mass is 16.5. The first-order chi connectivity index (χ1) is 9.72. The molecule has 0 atom stereocenters. The summed E-state index contributed by atoms with van der Waals surface area (Å²) in [6.45, 7) is 2.26. The molecule has 0 unspecified atom stereocenters. The molecule has 0 aliphatic rings. The molecule has 104 valence electrons. The van der Waals surface area contributed by atoms with Crippen LogP contribution in [0.1, 0.15) is 12.5 Å². The van der Waals surface area contributed by atoms with Crippen molar-refractivity contribution in [3.05, 3.63) is 47.3 Å². The van der Waals surface area contributed by atoms with Crippen molar-refractivity contribution in [2.24, 2.45) is 10.7 Å². The smallest absolute Gasteiger partial charge is 0.352 e. The molecule has 0 heterocycles. The van der Waals surface area contributed by atoms with Crippen molar-refractivity contribution in [3.8, 4) is 6.07 Å². The third-order valence-electron chi connectivity index (χ3n) is 2.33. The molecule has 1 rings (SSSR count). The van der Waals surface area contributed by atoms with Gasteiger partial charge in [-0.25, -0.2) is 9.79 Å². The number of carbonyl (C=O) groups excluding carboxylic acids is 1. The maximum Gasteiger partial charge on any atom is 0.352 e. The molecular weight excluding hydrogens is 256 g/mol. The van der Waals surface area contributed by atoms with Gasteiger partial charge in [-0.1, -0.05) is 30.3 Å². The van der Waals surface area contributed by atoms with Crippen LogP contribution in [0.3, 0.4) is 0 Å². The van der Waals surface area contributed by atoms with Crippen LogP contribution in [0.25, 0.3) is 0 Å². The van der Waals surface area contributed by atoms with Crippen molar-refractivity contribution in [2.45, 2.75) is 13.5 Å². The molecular formula is C14H16N4O2. The van der Waals surface area contributed by atoms with Crippen LogP contribution in [0, 0.1) is 11.3 Å². The van der Waals surface area contributed by atoms with Gasteiger partial charge in [-0.2, -0.15) is 5.26 Å². The van der Waals surface area contributed by atoms with Gasteiger partial charge < -0.3 is 15.8 Å². The molecule has 0 spiro atoms. The second-order valence-electron chi connectivity index (χ2n) is 3.67. The molecule has 1 aromatic rings. The molecule has 20 heavy (non-hydrogen) atoms. The minimum absolute atomic E-state index is 0.0947. The van der Waals surface area contributed by atoms with Crippen LogP contribution in [0.4, 0.5) is 0 Å². The van der Waals surface area contributed by atoms with Gasteiger partial charge in [0.1, 0.15) is 6.07 Å². The standard InChI is InChI=1S/C14H16N4O2/c1-2-20-14(19)12(8-15)13(18-10-16)17-9-11-6-4-3-5-7-11/h3-7,10,17H,2,9H2,1H3,(H2,16,18)/b13-12-. The van der Waals surface area contributed by atoms with Crippen molar-refractivity contribution in [1.29, 1.82) is 5.26 Å². The zero-order valence-electron chi connectivity index (χ0n) is 11.2. The Morgan fingerprint density at radius 1 is 1.50 bits per heavy atom. The number of hydrogen-bond acceptors (Lipinski definition) is 5. The molecule has 0 aromatic heterocycles. The molecule has 0 bridgehead atoms. The average Bonchev–Trinajstić information content (AvgIpc) is 2.47. The number of nitrogens with two attached hydrogens (primary N) is 1. The average molecular weight is 272 g/mol. The SMILES string of the molecule is CCOC(=O)/C(C#N)=C(\N=C/N)NCc1ccccc1. The van der Waals surface area contributed by atoms with Crippen molar-refractivity contribution < 1.29 is 9.53 Å². The molecule has 0 saturated heterocycles. The van der Waals surface area contributed by atoms with Gasteiger partial charge >= 0.3 is 5.97 Å². The van der Waals surface area contributed by atoms with Crippen LogP contribution in [-0.2, 0) is 16.1 Å². The molecule has 0 aliphatic carbocycles. The van der Waals surface area contributed by atoms with Crippen molar-refractivity contribution in [2.75, 3.05) is 6.61 Å². The van der Waals surface area contributed by atoms with E-state index in [-0.39, 0.29) is 18.0 Å². The molecule has 6 nitrogen and oxygen atoms in total. The number of rotatable bonds is 6. The topological polar surface area (TPSA) is 100 Å². The predicted octanol–water partition coefficient (Wildman–Crippen LogP) is 1.06. The third kappa shape index (κ3) is 4.46. The van der Waals surface area contributed by atoms with Gasteiger partial charge in [0, 0.05) is 6.54 Å². The maximum absolute atomic E-state index is 11.6. The Balaban J connectivity index is 2.92. The summed E-state index contributed by atoms with van der Waals surface area (Å²) in [7, 11) is 0. The third-order valence-corrected chi connectivity index (χ3v) is 2.33. The first kappa shape index (κ1) is 15.2. The molecule has 0 amide bonds. The van der Waals surface area contributed by atoms with Crippen molar-refractivity contribution >= 4 is 12.3 Å².